The standard InChI is InChI=1S/C10H9N5/c11-9-6(5-12-15-9)10-13-7-3-1-2-4-8(7)14-10/h1-5H,(H,13,14)(H3,11,12,15). The van der Waals surface area contributed by atoms with Gasteiger partial charge in [0.2, 0.25) is 0 Å². The molecule has 3 rings (SSSR count). The van der Waals surface area contributed by atoms with Crippen molar-refractivity contribution in [2.24, 2.45) is 0 Å². The second-order valence-corrected chi connectivity index (χ2v) is 3.30. The molecule has 4 N–H and O–H groups in total. The average Bonchev–Trinajstić information content (AvgIpc) is 2.82. The first-order chi connectivity index (χ1) is 7.34. The number of fused-ring (bicyclic) bond motifs is 1. The Labute approximate surface area is 85.3 Å². The molecule has 0 radical (unpaired) electrons. The molecule has 1 aromatic carbocycles. The number of anilines is 1. The molecule has 0 saturated heterocycles. The van der Waals surface area contributed by atoms with Gasteiger partial charge in [0.05, 0.1) is 22.8 Å². The van der Waals surface area contributed by atoms with Crippen LogP contribution in [0.4, 0.5) is 5.82 Å². The van der Waals surface area contributed by atoms with Gasteiger partial charge in [-0.25, -0.2) is 4.98 Å². The van der Waals surface area contributed by atoms with Crippen molar-refractivity contribution in [2.75, 3.05) is 5.73 Å². The minimum atomic E-state index is 0.522. The molecular weight excluding hydrogens is 190 g/mol. The van der Waals surface area contributed by atoms with E-state index in [9.17, 15) is 0 Å². The van der Waals surface area contributed by atoms with Crippen molar-refractivity contribution < 1.29 is 0 Å². The summed E-state index contributed by atoms with van der Waals surface area (Å²) in [4.78, 5) is 7.61. The molecule has 5 nitrogen and oxygen atoms in total. The maximum Gasteiger partial charge on any atom is 0.143 e. The van der Waals surface area contributed by atoms with E-state index >= 15 is 0 Å². The summed E-state index contributed by atoms with van der Waals surface area (Å²) >= 11 is 0. The third-order valence-electron chi connectivity index (χ3n) is 2.31. The van der Waals surface area contributed by atoms with Crippen LogP contribution in [0.1, 0.15) is 0 Å². The highest BCUT2D eigenvalue weighted by Crippen LogP contribution is 2.23. The Bertz CT molecular complexity index is 574. The molecule has 5 heteroatoms. The molecule has 0 bridgehead atoms. The van der Waals surface area contributed by atoms with Crippen LogP contribution in [-0.4, -0.2) is 20.2 Å². The lowest BCUT2D eigenvalue weighted by Crippen LogP contribution is -1.88. The molecule has 0 aliphatic rings. The summed E-state index contributed by atoms with van der Waals surface area (Å²) in [6.07, 6.45) is 1.66. The summed E-state index contributed by atoms with van der Waals surface area (Å²) in [7, 11) is 0. The Balaban J connectivity index is 2.24. The van der Waals surface area contributed by atoms with Gasteiger partial charge in [-0.15, -0.1) is 0 Å². The number of H-pyrrole nitrogens is 2. The van der Waals surface area contributed by atoms with Crippen molar-refractivity contribution in [2.45, 2.75) is 0 Å². The third-order valence-corrected chi connectivity index (χ3v) is 2.31. The van der Waals surface area contributed by atoms with E-state index in [1.807, 2.05) is 24.3 Å². The fraction of sp³-hybridized carbons (Fsp3) is 0. The summed E-state index contributed by atoms with van der Waals surface area (Å²) in [5, 5.41) is 6.54. The van der Waals surface area contributed by atoms with Crippen LogP contribution < -0.4 is 5.73 Å². The van der Waals surface area contributed by atoms with Crippen molar-refractivity contribution in [1.29, 1.82) is 0 Å². The van der Waals surface area contributed by atoms with Gasteiger partial charge in [-0.1, -0.05) is 12.1 Å². The second kappa shape index (κ2) is 2.84. The van der Waals surface area contributed by atoms with E-state index in [4.69, 9.17) is 5.73 Å². The number of nitrogens with zero attached hydrogens (tertiary/aromatic N) is 2. The van der Waals surface area contributed by atoms with Crippen molar-refractivity contribution >= 4 is 16.9 Å². The SMILES string of the molecule is Nc1[nH]ncc1-c1nc2ccccc2[nH]1. The van der Waals surface area contributed by atoms with Crippen LogP contribution in [0, 0.1) is 0 Å². The van der Waals surface area contributed by atoms with E-state index in [1.54, 1.807) is 6.20 Å². The maximum atomic E-state index is 5.72. The number of benzene rings is 1. The Morgan fingerprint density at radius 2 is 2.07 bits per heavy atom. The Hall–Kier alpha value is -2.30. The van der Waals surface area contributed by atoms with Gasteiger partial charge >= 0.3 is 0 Å². The number of imidazole rings is 1. The highest BCUT2D eigenvalue weighted by Gasteiger charge is 2.08. The lowest BCUT2D eigenvalue weighted by atomic mass is 10.3. The molecule has 0 amide bonds. The zero-order valence-corrected chi connectivity index (χ0v) is 7.86. The third kappa shape index (κ3) is 1.17. The Kier molecular flexibility index (Phi) is 1.53. The lowest BCUT2D eigenvalue weighted by molar-refractivity contribution is 1.10. The first-order valence-corrected chi connectivity index (χ1v) is 4.58. The summed E-state index contributed by atoms with van der Waals surface area (Å²) in [6, 6.07) is 7.84. The van der Waals surface area contributed by atoms with Crippen LogP contribution in [0.3, 0.4) is 0 Å². The molecule has 0 spiro atoms. The number of nitrogens with two attached hydrogens (primary N) is 1. The number of aromatic amines is 2. The predicted octanol–water partition coefficient (Wildman–Crippen LogP) is 1.54. The van der Waals surface area contributed by atoms with Gasteiger partial charge in [0.15, 0.2) is 0 Å². The van der Waals surface area contributed by atoms with Gasteiger partial charge in [-0.05, 0) is 12.1 Å². The van der Waals surface area contributed by atoms with Crippen LogP contribution in [0.25, 0.3) is 22.4 Å². The van der Waals surface area contributed by atoms with Gasteiger partial charge in [-0.3, -0.25) is 5.10 Å². The van der Waals surface area contributed by atoms with Crippen LogP contribution in [0.5, 0.6) is 0 Å². The van der Waals surface area contributed by atoms with Gasteiger partial charge < -0.3 is 10.7 Å². The fourth-order valence-corrected chi connectivity index (χ4v) is 1.57. The van der Waals surface area contributed by atoms with Crippen molar-refractivity contribution in [3.63, 3.8) is 0 Å². The average molecular weight is 199 g/mol. The minimum absolute atomic E-state index is 0.522. The first kappa shape index (κ1) is 8.05. The molecule has 0 saturated carbocycles. The van der Waals surface area contributed by atoms with Gasteiger partial charge in [0, 0.05) is 0 Å². The highest BCUT2D eigenvalue weighted by atomic mass is 15.1. The molecule has 0 aliphatic heterocycles. The van der Waals surface area contributed by atoms with Crippen molar-refractivity contribution in [3.05, 3.63) is 30.5 Å². The number of hydrogen-bond acceptors (Lipinski definition) is 3. The number of nitrogens with one attached hydrogen (secondary N) is 2. The summed E-state index contributed by atoms with van der Waals surface area (Å²) in [5.41, 5.74) is 8.43. The molecule has 2 aromatic heterocycles. The van der Waals surface area contributed by atoms with Gasteiger partial charge in [-0.2, -0.15) is 5.10 Å². The van der Waals surface area contributed by atoms with E-state index in [-0.39, 0.29) is 0 Å². The zero-order valence-electron chi connectivity index (χ0n) is 7.86. The molecule has 3 aromatic rings. The summed E-state index contributed by atoms with van der Waals surface area (Å²) in [6.45, 7) is 0. The van der Waals surface area contributed by atoms with E-state index in [1.165, 1.54) is 0 Å². The number of rotatable bonds is 1. The number of para-hydroxylation sites is 2. The molecule has 15 heavy (non-hydrogen) atoms. The van der Waals surface area contributed by atoms with Crippen LogP contribution in [0.15, 0.2) is 30.5 Å². The van der Waals surface area contributed by atoms with E-state index in [0.717, 1.165) is 22.4 Å². The Morgan fingerprint density at radius 1 is 1.20 bits per heavy atom. The second-order valence-electron chi connectivity index (χ2n) is 3.30. The molecular formula is C10H9N5. The van der Waals surface area contributed by atoms with Crippen molar-refractivity contribution in [3.8, 4) is 11.4 Å². The fourth-order valence-electron chi connectivity index (χ4n) is 1.57. The molecule has 0 aliphatic carbocycles. The van der Waals surface area contributed by atoms with E-state index < -0.39 is 0 Å². The predicted molar refractivity (Wildman–Crippen MR) is 58.1 cm³/mol. The maximum absolute atomic E-state index is 5.72. The summed E-state index contributed by atoms with van der Waals surface area (Å²) < 4.78 is 0. The normalized spacial score (nSPS) is 10.9. The van der Waals surface area contributed by atoms with E-state index in [0.29, 0.717) is 5.82 Å². The summed E-state index contributed by atoms with van der Waals surface area (Å²) in [5.74, 6) is 1.26. The lowest BCUT2D eigenvalue weighted by Gasteiger charge is -1.90. The van der Waals surface area contributed by atoms with Crippen LogP contribution in [0.2, 0.25) is 0 Å². The molecule has 0 fully saturated rings. The number of hydrogen-bond donors (Lipinski definition) is 3. The highest BCUT2D eigenvalue weighted by molar-refractivity contribution is 5.81. The quantitative estimate of drug-likeness (QED) is 0.555. The van der Waals surface area contributed by atoms with Gasteiger partial charge in [0.1, 0.15) is 11.6 Å². The van der Waals surface area contributed by atoms with Crippen LogP contribution in [-0.2, 0) is 0 Å². The molecule has 2 heterocycles. The largest absolute Gasteiger partial charge is 0.383 e. The monoisotopic (exact) mass is 199 g/mol. The van der Waals surface area contributed by atoms with Gasteiger partial charge in [0.25, 0.3) is 0 Å². The molecule has 74 valence electrons. The molecule has 0 atom stereocenters. The Morgan fingerprint density at radius 3 is 2.80 bits per heavy atom. The van der Waals surface area contributed by atoms with Crippen LogP contribution >= 0.6 is 0 Å². The minimum Gasteiger partial charge on any atom is -0.383 e. The zero-order chi connectivity index (χ0) is 10.3. The smallest absolute Gasteiger partial charge is 0.143 e. The van der Waals surface area contributed by atoms with Crippen molar-refractivity contribution in [1.82, 2.24) is 20.2 Å². The number of aromatic nitrogens is 4. The van der Waals surface area contributed by atoms with E-state index in [2.05, 4.69) is 20.2 Å². The molecule has 0 unspecified atom stereocenters. The first-order valence-electron chi connectivity index (χ1n) is 4.58. The topological polar surface area (TPSA) is 83.4 Å². The number of nitrogen functional groups attached to an aromatic ring is 1.